The van der Waals surface area contributed by atoms with Gasteiger partial charge >= 0.3 is 0 Å². The Morgan fingerprint density at radius 2 is 2.37 bits per heavy atom. The van der Waals surface area contributed by atoms with Gasteiger partial charge in [-0.15, -0.1) is 0 Å². The number of aliphatic hydroxyl groups is 1. The number of carbonyl (C=O) groups is 1. The lowest BCUT2D eigenvalue weighted by Crippen LogP contribution is -2.47. The van der Waals surface area contributed by atoms with Gasteiger partial charge in [-0.2, -0.15) is 5.10 Å². The van der Waals surface area contributed by atoms with Crippen molar-refractivity contribution in [3.63, 3.8) is 0 Å². The highest BCUT2D eigenvalue weighted by molar-refractivity contribution is 5.92. The molecule has 0 aromatic carbocycles. The molecule has 19 heavy (non-hydrogen) atoms. The number of hydrogen-bond acceptors (Lipinski definition) is 4. The van der Waals surface area contributed by atoms with Crippen molar-refractivity contribution in [2.45, 2.75) is 32.9 Å². The van der Waals surface area contributed by atoms with Gasteiger partial charge in [-0.1, -0.05) is 6.92 Å². The van der Waals surface area contributed by atoms with Gasteiger partial charge < -0.3 is 14.7 Å². The minimum atomic E-state index is -0.277. The van der Waals surface area contributed by atoms with E-state index in [-0.39, 0.29) is 18.6 Å². The minimum absolute atomic E-state index is 0.0317. The molecule has 1 unspecified atom stereocenters. The molecule has 0 bridgehead atoms. The summed E-state index contributed by atoms with van der Waals surface area (Å²) < 4.78 is 7.10. The van der Waals surface area contributed by atoms with E-state index in [1.165, 1.54) is 0 Å². The van der Waals surface area contributed by atoms with Gasteiger partial charge in [-0.05, 0) is 19.4 Å². The van der Waals surface area contributed by atoms with Crippen LogP contribution in [-0.2, 0) is 17.7 Å². The largest absolute Gasteiger partial charge is 0.394 e. The van der Waals surface area contributed by atoms with Crippen LogP contribution in [0.4, 0.5) is 0 Å². The molecule has 1 aromatic rings. The molecule has 1 aliphatic rings. The van der Waals surface area contributed by atoms with Crippen molar-refractivity contribution in [3.8, 4) is 0 Å². The Morgan fingerprint density at radius 3 is 3.00 bits per heavy atom. The Kier molecular flexibility index (Phi) is 4.55. The molecular weight excluding hydrogens is 246 g/mol. The Labute approximate surface area is 113 Å². The van der Waals surface area contributed by atoms with Crippen LogP contribution < -0.4 is 0 Å². The van der Waals surface area contributed by atoms with Crippen LogP contribution in [0, 0.1) is 0 Å². The van der Waals surface area contributed by atoms with Gasteiger partial charge in [0, 0.05) is 19.6 Å². The van der Waals surface area contributed by atoms with Crippen LogP contribution in [0.25, 0.3) is 0 Å². The normalized spacial score (nSPS) is 19.7. The predicted octanol–water partition coefficient (Wildman–Crippen LogP) is 0.299. The van der Waals surface area contributed by atoms with E-state index in [4.69, 9.17) is 9.84 Å². The Balaban J connectivity index is 2.16. The van der Waals surface area contributed by atoms with Crippen LogP contribution in [-0.4, -0.2) is 58.1 Å². The van der Waals surface area contributed by atoms with Crippen molar-refractivity contribution in [1.82, 2.24) is 14.7 Å². The molecule has 1 fully saturated rings. The van der Waals surface area contributed by atoms with E-state index in [1.54, 1.807) is 9.58 Å². The van der Waals surface area contributed by atoms with E-state index >= 15 is 0 Å². The number of rotatable bonds is 4. The predicted molar refractivity (Wildman–Crippen MR) is 70.0 cm³/mol. The molecule has 1 N–H and O–H groups in total. The van der Waals surface area contributed by atoms with Crippen LogP contribution >= 0.6 is 0 Å². The first kappa shape index (κ1) is 14.0. The molecule has 106 valence electrons. The fourth-order valence-corrected chi connectivity index (χ4v) is 2.23. The monoisotopic (exact) mass is 267 g/mol. The van der Waals surface area contributed by atoms with Gasteiger partial charge in [0.15, 0.2) is 0 Å². The summed E-state index contributed by atoms with van der Waals surface area (Å²) in [7, 11) is 0. The van der Waals surface area contributed by atoms with Gasteiger partial charge in [-0.3, -0.25) is 9.48 Å². The summed E-state index contributed by atoms with van der Waals surface area (Å²) in [4.78, 5) is 14.2. The van der Waals surface area contributed by atoms with Crippen molar-refractivity contribution in [3.05, 3.63) is 17.5 Å². The van der Waals surface area contributed by atoms with Gasteiger partial charge in [0.2, 0.25) is 0 Å². The first-order valence-electron chi connectivity index (χ1n) is 6.78. The summed E-state index contributed by atoms with van der Waals surface area (Å²) in [5.74, 6) is -0.0317. The summed E-state index contributed by atoms with van der Waals surface area (Å²) in [6.07, 6.45) is 0.539. The number of carbonyl (C=O) groups excluding carboxylic acids is 1. The number of nitrogens with zero attached hydrogens (tertiary/aromatic N) is 3. The Hall–Kier alpha value is -1.40. The highest BCUT2D eigenvalue weighted by Gasteiger charge is 2.26. The van der Waals surface area contributed by atoms with E-state index in [2.05, 4.69) is 5.10 Å². The van der Waals surface area contributed by atoms with Crippen molar-refractivity contribution < 1.29 is 14.6 Å². The molecule has 0 saturated carbocycles. The van der Waals surface area contributed by atoms with Gasteiger partial charge in [0.25, 0.3) is 5.91 Å². The standard InChI is InChI=1S/C13H21N3O3/c1-3-10-7-12(16(4-2)14-10)13(18)15-5-6-19-11(8-15)9-17/h7,11,17H,3-6,8-9H2,1-2H3. The Bertz CT molecular complexity index is 444. The van der Waals surface area contributed by atoms with Crippen molar-refractivity contribution in [1.29, 1.82) is 0 Å². The van der Waals surface area contributed by atoms with E-state index < -0.39 is 0 Å². The molecule has 1 amide bonds. The number of aromatic nitrogens is 2. The molecule has 2 rings (SSSR count). The second-order valence-corrected chi connectivity index (χ2v) is 4.62. The van der Waals surface area contributed by atoms with Crippen LogP contribution in [0.15, 0.2) is 6.07 Å². The molecule has 0 radical (unpaired) electrons. The zero-order chi connectivity index (χ0) is 13.8. The van der Waals surface area contributed by atoms with Crippen molar-refractivity contribution >= 4 is 5.91 Å². The Morgan fingerprint density at radius 1 is 1.58 bits per heavy atom. The summed E-state index contributed by atoms with van der Waals surface area (Å²) in [5.41, 5.74) is 1.55. The molecule has 0 aliphatic carbocycles. The molecule has 0 spiro atoms. The third-order valence-corrected chi connectivity index (χ3v) is 3.34. The molecule has 1 saturated heterocycles. The molecule has 1 aromatic heterocycles. The van der Waals surface area contributed by atoms with Crippen LogP contribution in [0.5, 0.6) is 0 Å². The minimum Gasteiger partial charge on any atom is -0.394 e. The van der Waals surface area contributed by atoms with E-state index in [0.29, 0.717) is 31.9 Å². The fraction of sp³-hybridized carbons (Fsp3) is 0.692. The molecule has 6 heteroatoms. The maximum absolute atomic E-state index is 12.5. The van der Waals surface area contributed by atoms with Crippen LogP contribution in [0.1, 0.15) is 30.0 Å². The van der Waals surface area contributed by atoms with Crippen LogP contribution in [0.2, 0.25) is 0 Å². The zero-order valence-electron chi connectivity index (χ0n) is 11.5. The average molecular weight is 267 g/mol. The molecule has 6 nitrogen and oxygen atoms in total. The summed E-state index contributed by atoms with van der Waals surface area (Å²) in [6.45, 7) is 6.08. The summed E-state index contributed by atoms with van der Waals surface area (Å²) >= 11 is 0. The topological polar surface area (TPSA) is 67.6 Å². The van der Waals surface area contributed by atoms with Gasteiger partial charge in [0.1, 0.15) is 5.69 Å². The first-order chi connectivity index (χ1) is 9.19. The first-order valence-corrected chi connectivity index (χ1v) is 6.78. The SMILES string of the molecule is CCc1cc(C(=O)N2CCOC(CO)C2)n(CC)n1. The summed E-state index contributed by atoms with van der Waals surface area (Å²) in [6, 6.07) is 1.86. The molecule has 2 heterocycles. The number of ether oxygens (including phenoxy) is 1. The van der Waals surface area contributed by atoms with E-state index in [1.807, 2.05) is 19.9 Å². The maximum atomic E-state index is 12.5. The van der Waals surface area contributed by atoms with Crippen molar-refractivity contribution in [2.24, 2.45) is 0 Å². The van der Waals surface area contributed by atoms with E-state index in [9.17, 15) is 4.79 Å². The highest BCUT2D eigenvalue weighted by atomic mass is 16.5. The lowest BCUT2D eigenvalue weighted by atomic mass is 10.2. The maximum Gasteiger partial charge on any atom is 0.272 e. The molecule has 1 atom stereocenters. The second-order valence-electron chi connectivity index (χ2n) is 4.62. The number of aliphatic hydroxyl groups excluding tert-OH is 1. The number of amides is 1. The van der Waals surface area contributed by atoms with Crippen LogP contribution in [0.3, 0.4) is 0 Å². The smallest absolute Gasteiger partial charge is 0.272 e. The third-order valence-electron chi connectivity index (χ3n) is 3.34. The van der Waals surface area contributed by atoms with Gasteiger partial charge in [-0.25, -0.2) is 0 Å². The molecule has 1 aliphatic heterocycles. The van der Waals surface area contributed by atoms with Crippen molar-refractivity contribution in [2.75, 3.05) is 26.3 Å². The van der Waals surface area contributed by atoms with E-state index in [0.717, 1.165) is 12.1 Å². The molecular formula is C13H21N3O3. The second kappa shape index (κ2) is 6.16. The number of hydrogen-bond donors (Lipinski definition) is 1. The number of aryl methyl sites for hydroxylation is 2. The quantitative estimate of drug-likeness (QED) is 0.852. The summed E-state index contributed by atoms with van der Waals surface area (Å²) in [5, 5.41) is 13.5. The highest BCUT2D eigenvalue weighted by Crippen LogP contribution is 2.12. The van der Waals surface area contributed by atoms with Gasteiger partial charge in [0.05, 0.1) is 25.0 Å². The lowest BCUT2D eigenvalue weighted by Gasteiger charge is -2.32. The zero-order valence-corrected chi connectivity index (χ0v) is 11.5. The fourth-order valence-electron chi connectivity index (χ4n) is 2.23. The average Bonchev–Trinajstić information content (AvgIpc) is 2.89. The number of morpholine rings is 1. The lowest BCUT2D eigenvalue weighted by molar-refractivity contribution is -0.0449. The third kappa shape index (κ3) is 2.96.